The van der Waals surface area contributed by atoms with Crippen LogP contribution in [0.2, 0.25) is 5.02 Å². The number of halogens is 1. The fourth-order valence-electron chi connectivity index (χ4n) is 1.51. The highest BCUT2D eigenvalue weighted by molar-refractivity contribution is 7.12. The number of ether oxygens (including phenoxy) is 1. The molecule has 0 aromatic carbocycles. The summed E-state index contributed by atoms with van der Waals surface area (Å²) in [5, 5.41) is 3.74. The summed E-state index contributed by atoms with van der Waals surface area (Å²) in [6.45, 7) is 4.15. The molecule has 0 saturated heterocycles. The summed E-state index contributed by atoms with van der Waals surface area (Å²) in [4.78, 5) is 10.6. The molecule has 0 fully saturated rings. The maximum atomic E-state index is 6.05. The lowest BCUT2D eigenvalue weighted by Gasteiger charge is -2.14. The van der Waals surface area contributed by atoms with Gasteiger partial charge in [-0.2, -0.15) is 4.98 Å². The first-order valence-corrected chi connectivity index (χ1v) is 6.69. The summed E-state index contributed by atoms with van der Waals surface area (Å²) in [5.74, 6) is 0.585. The molecule has 0 saturated carbocycles. The molecule has 0 aliphatic rings. The molecule has 2 aromatic heterocycles. The predicted octanol–water partition coefficient (Wildman–Crippen LogP) is 3.68. The first kappa shape index (κ1) is 13.1. The summed E-state index contributed by atoms with van der Waals surface area (Å²) in [6, 6.07) is 4.64. The predicted molar refractivity (Wildman–Crippen MR) is 74.7 cm³/mol. The van der Waals surface area contributed by atoms with Gasteiger partial charge in [-0.25, -0.2) is 4.98 Å². The highest BCUT2D eigenvalue weighted by Gasteiger charge is 2.12. The summed E-state index contributed by atoms with van der Waals surface area (Å²) < 4.78 is 4.98. The smallest absolute Gasteiger partial charge is 0.318 e. The van der Waals surface area contributed by atoms with Crippen LogP contribution in [-0.2, 0) is 0 Å². The third kappa shape index (κ3) is 2.91. The normalized spacial score (nSPS) is 12.2. The standard InChI is InChI=1S/C12H14ClN3OS/c1-7-4-5-10(18-7)8(2)15-11-9(13)6-14-12(16-11)17-3/h4-6,8H,1-3H3,(H,14,15,16). The summed E-state index contributed by atoms with van der Waals surface area (Å²) in [7, 11) is 1.53. The first-order valence-electron chi connectivity index (χ1n) is 5.49. The Balaban J connectivity index is 2.18. The van der Waals surface area contributed by atoms with Crippen LogP contribution >= 0.6 is 22.9 Å². The van der Waals surface area contributed by atoms with Gasteiger partial charge < -0.3 is 10.1 Å². The Bertz CT molecular complexity index is 544. The van der Waals surface area contributed by atoms with Crippen LogP contribution in [0.3, 0.4) is 0 Å². The van der Waals surface area contributed by atoms with Crippen molar-refractivity contribution in [2.45, 2.75) is 19.9 Å². The molecule has 1 atom stereocenters. The van der Waals surface area contributed by atoms with E-state index in [4.69, 9.17) is 16.3 Å². The number of nitrogens with zero attached hydrogens (tertiary/aromatic N) is 2. The van der Waals surface area contributed by atoms with Gasteiger partial charge in [-0.15, -0.1) is 11.3 Å². The van der Waals surface area contributed by atoms with Crippen molar-refractivity contribution < 1.29 is 4.74 Å². The van der Waals surface area contributed by atoms with Crippen molar-refractivity contribution in [1.82, 2.24) is 9.97 Å². The Morgan fingerprint density at radius 3 is 2.83 bits per heavy atom. The topological polar surface area (TPSA) is 47.0 Å². The first-order chi connectivity index (χ1) is 8.60. The second-order valence-corrected chi connectivity index (χ2v) is 5.59. The van der Waals surface area contributed by atoms with Crippen LogP contribution in [0.1, 0.15) is 22.7 Å². The van der Waals surface area contributed by atoms with Crippen molar-refractivity contribution in [1.29, 1.82) is 0 Å². The van der Waals surface area contributed by atoms with Crippen LogP contribution in [0.4, 0.5) is 5.82 Å². The zero-order chi connectivity index (χ0) is 13.1. The van der Waals surface area contributed by atoms with Crippen molar-refractivity contribution in [3.63, 3.8) is 0 Å². The number of methoxy groups -OCH3 is 1. The molecule has 2 rings (SSSR count). The Kier molecular flexibility index (Phi) is 4.04. The zero-order valence-corrected chi connectivity index (χ0v) is 12.0. The van der Waals surface area contributed by atoms with E-state index in [1.807, 2.05) is 0 Å². The SMILES string of the molecule is COc1ncc(Cl)c(NC(C)c2ccc(C)s2)n1. The fraction of sp³-hybridized carbons (Fsp3) is 0.333. The molecule has 2 aromatic rings. The molecule has 1 N–H and O–H groups in total. The lowest BCUT2D eigenvalue weighted by atomic mass is 10.2. The van der Waals surface area contributed by atoms with Crippen LogP contribution < -0.4 is 10.1 Å². The zero-order valence-electron chi connectivity index (χ0n) is 10.4. The number of nitrogens with one attached hydrogen (secondary N) is 1. The Morgan fingerprint density at radius 2 is 2.22 bits per heavy atom. The van der Waals surface area contributed by atoms with Gasteiger partial charge in [0.1, 0.15) is 5.02 Å². The molecular formula is C12H14ClN3OS. The number of thiophene rings is 1. The number of hydrogen-bond acceptors (Lipinski definition) is 5. The van der Waals surface area contributed by atoms with Gasteiger partial charge in [-0.05, 0) is 26.0 Å². The summed E-state index contributed by atoms with van der Waals surface area (Å²) in [5.41, 5.74) is 0. The van der Waals surface area contributed by atoms with Gasteiger partial charge in [0.15, 0.2) is 5.82 Å². The van der Waals surface area contributed by atoms with Crippen LogP contribution in [0.5, 0.6) is 6.01 Å². The second-order valence-electron chi connectivity index (χ2n) is 3.87. The van der Waals surface area contributed by atoms with E-state index in [2.05, 4.69) is 41.3 Å². The van der Waals surface area contributed by atoms with Gasteiger partial charge in [0, 0.05) is 9.75 Å². The van der Waals surface area contributed by atoms with Gasteiger partial charge >= 0.3 is 6.01 Å². The quantitative estimate of drug-likeness (QED) is 0.930. The van der Waals surface area contributed by atoms with E-state index in [1.54, 1.807) is 11.3 Å². The molecule has 1 unspecified atom stereocenters. The minimum Gasteiger partial charge on any atom is -0.467 e. The van der Waals surface area contributed by atoms with E-state index in [-0.39, 0.29) is 6.04 Å². The molecule has 0 aliphatic heterocycles. The van der Waals surface area contributed by atoms with E-state index in [1.165, 1.54) is 23.1 Å². The molecule has 2 heterocycles. The molecule has 96 valence electrons. The highest BCUT2D eigenvalue weighted by Crippen LogP contribution is 2.28. The van der Waals surface area contributed by atoms with E-state index >= 15 is 0 Å². The van der Waals surface area contributed by atoms with Crippen LogP contribution in [-0.4, -0.2) is 17.1 Å². The lowest BCUT2D eigenvalue weighted by Crippen LogP contribution is -2.08. The minimum atomic E-state index is 0.140. The number of rotatable bonds is 4. The van der Waals surface area contributed by atoms with Gasteiger partial charge in [0.05, 0.1) is 19.3 Å². The molecule has 18 heavy (non-hydrogen) atoms. The van der Waals surface area contributed by atoms with Gasteiger partial charge in [-0.1, -0.05) is 11.6 Å². The van der Waals surface area contributed by atoms with Gasteiger partial charge in [-0.3, -0.25) is 0 Å². The van der Waals surface area contributed by atoms with Gasteiger partial charge in [0.25, 0.3) is 0 Å². The average Bonchev–Trinajstić information content (AvgIpc) is 2.79. The molecule has 6 heteroatoms. The summed E-state index contributed by atoms with van der Waals surface area (Å²) in [6.07, 6.45) is 1.53. The largest absolute Gasteiger partial charge is 0.467 e. The van der Waals surface area contributed by atoms with Crippen molar-refractivity contribution in [2.75, 3.05) is 12.4 Å². The molecule has 4 nitrogen and oxygen atoms in total. The van der Waals surface area contributed by atoms with Crippen molar-refractivity contribution in [2.24, 2.45) is 0 Å². The number of aromatic nitrogens is 2. The number of aryl methyl sites for hydroxylation is 1. The van der Waals surface area contributed by atoms with E-state index in [9.17, 15) is 0 Å². The Hall–Kier alpha value is -1.33. The number of hydrogen-bond donors (Lipinski definition) is 1. The Morgan fingerprint density at radius 1 is 1.44 bits per heavy atom. The maximum Gasteiger partial charge on any atom is 0.318 e. The maximum absolute atomic E-state index is 6.05. The second kappa shape index (κ2) is 5.54. The Labute approximate surface area is 115 Å². The third-order valence-corrected chi connectivity index (χ3v) is 3.91. The molecule has 0 bridgehead atoms. The van der Waals surface area contributed by atoms with Crippen LogP contribution in [0, 0.1) is 6.92 Å². The summed E-state index contributed by atoms with van der Waals surface area (Å²) >= 11 is 7.80. The molecule has 0 spiro atoms. The molecule has 0 amide bonds. The number of anilines is 1. The van der Waals surface area contributed by atoms with E-state index < -0.39 is 0 Å². The van der Waals surface area contributed by atoms with Crippen LogP contribution in [0.25, 0.3) is 0 Å². The molecular weight excluding hydrogens is 270 g/mol. The van der Waals surface area contributed by atoms with Crippen molar-refractivity contribution in [3.8, 4) is 6.01 Å². The fourth-order valence-corrected chi connectivity index (χ4v) is 2.54. The lowest BCUT2D eigenvalue weighted by molar-refractivity contribution is 0.380. The van der Waals surface area contributed by atoms with Crippen LogP contribution in [0.15, 0.2) is 18.3 Å². The highest BCUT2D eigenvalue weighted by atomic mass is 35.5. The average molecular weight is 284 g/mol. The molecule has 0 aliphatic carbocycles. The monoisotopic (exact) mass is 283 g/mol. The van der Waals surface area contributed by atoms with Crippen molar-refractivity contribution >= 4 is 28.8 Å². The van der Waals surface area contributed by atoms with Gasteiger partial charge in [0.2, 0.25) is 0 Å². The van der Waals surface area contributed by atoms with Crippen molar-refractivity contribution in [3.05, 3.63) is 33.1 Å². The molecule has 0 radical (unpaired) electrons. The van der Waals surface area contributed by atoms with E-state index in [0.29, 0.717) is 16.9 Å². The third-order valence-electron chi connectivity index (χ3n) is 2.45. The minimum absolute atomic E-state index is 0.140. The van der Waals surface area contributed by atoms with E-state index in [0.717, 1.165) is 0 Å².